The summed E-state index contributed by atoms with van der Waals surface area (Å²) in [6, 6.07) is 6.29. The predicted molar refractivity (Wildman–Crippen MR) is 416 cm³/mol. The van der Waals surface area contributed by atoms with Crippen LogP contribution in [-0.2, 0) is 83.4 Å². The molecular formula is C68H132Cl2MnN12O34S. The second-order valence-electron chi connectivity index (χ2n) is 27.5. The van der Waals surface area contributed by atoms with Gasteiger partial charge >= 0.3 is 45.3 Å². The number of amides is 4. The molecule has 8 heterocycles. The van der Waals surface area contributed by atoms with Crippen molar-refractivity contribution in [2.75, 3.05) is 86.2 Å². The third kappa shape index (κ3) is 41.7. The van der Waals surface area contributed by atoms with Crippen molar-refractivity contribution >= 4 is 67.5 Å². The van der Waals surface area contributed by atoms with Crippen LogP contribution in [-0.4, -0.2) is 411 Å². The van der Waals surface area contributed by atoms with Crippen molar-refractivity contribution in [3.8, 4) is 0 Å². The van der Waals surface area contributed by atoms with Crippen LogP contribution < -0.4 is 59.7 Å². The van der Waals surface area contributed by atoms with E-state index >= 15 is 0 Å². The molecule has 118 heavy (non-hydrogen) atoms. The molecule has 2 bridgehead atoms. The number of aromatic nitrogens is 1. The standard InChI is InChI=1S/C23H40N6S.3C8H15NO4.C7H13NO6.2C6H10O7.2CH5N.2ClH.Mn.2H2O/c24-9-12-30-19-13-17-15-27-22-7-3-1-5-20(22)25-10-11-26-21-6-2-4-8-23(21)28-16-18(14-19)29-17;3*1-5(11)9-6-2-7(12)8(3-10)13-4-6;1-8-6(12)5-3(10)2(9)4(11)7(13)14-5;2*7-1-2(8)4(5(10)11)13-6(12)3(1)9;2*1-2;;;;;/h13-14,20-23,25-28H,1-12,15-16,24H2;3*6-8,10,12H,2-4H2,1H3,(H,9,11);2-5,7,9-11,13H,1H3,(H,8,12);2*1-4,6-9,12H,(H,10,11);2*2H2,1H3;2*1H;;2*1H2/q;;;;;;;;;;;+2;;/p-2/t20-,21-,22-,23-;3*6?,7-,8?;2-,3+,4?,5?,7-;2*1-,2+,3?,4?,6-;;;;;;;/m1000111......./s1. The van der Waals surface area contributed by atoms with Gasteiger partial charge in [0.1, 0.15) is 73.2 Å². The maximum atomic E-state index is 11.1. The molecule has 695 valence electrons. The number of ether oxygens (including phenoxy) is 6. The number of rotatable bonds is 12. The van der Waals surface area contributed by atoms with Gasteiger partial charge in [-0.05, 0) is 71.2 Å². The molecule has 4 amide bonds. The Labute approximate surface area is 702 Å². The number of fused-ring (bicyclic) bond motifs is 4. The van der Waals surface area contributed by atoms with Crippen LogP contribution in [0.4, 0.5) is 0 Å². The number of hydrogen-bond acceptors (Lipinski definition) is 39. The number of aliphatic carboxylic acids is 2. The first kappa shape index (κ1) is 116. The minimum atomic E-state index is -1.81. The summed E-state index contributed by atoms with van der Waals surface area (Å²) in [5.74, 6) is -3.17. The Morgan fingerprint density at radius 2 is 0.763 bits per heavy atom. The quantitative estimate of drug-likeness (QED) is 0.0682. The van der Waals surface area contributed by atoms with Gasteiger partial charge in [0.2, 0.25) is 17.7 Å². The first-order valence-corrected chi connectivity index (χ1v) is 41.9. The van der Waals surface area contributed by atoms with Gasteiger partial charge in [0.15, 0.2) is 37.2 Å². The Balaban J connectivity index is 0. The number of pyridine rings is 1. The summed E-state index contributed by atoms with van der Waals surface area (Å²) >= 11 is 1.85. The zero-order valence-electron chi connectivity index (χ0n) is 66.6. The number of nitrogens with zero attached hydrogens (tertiary/aromatic N) is 1. The van der Waals surface area contributed by atoms with Gasteiger partial charge in [0.05, 0.1) is 87.5 Å². The Kier molecular flexibility index (Phi) is 62.9. The zero-order valence-corrected chi connectivity index (χ0v) is 70.2. The normalized spacial score (nSPS) is 34.8. The van der Waals surface area contributed by atoms with E-state index in [9.17, 15) is 54.3 Å². The fraction of sp³-hybridized carbons (Fsp3) is 0.838. The number of carboxylic acid groups (broad SMARTS) is 2. The van der Waals surface area contributed by atoms with Crippen molar-refractivity contribution in [3.63, 3.8) is 0 Å². The van der Waals surface area contributed by atoms with Crippen LogP contribution in [0.25, 0.3) is 0 Å². The van der Waals surface area contributed by atoms with Crippen LogP contribution >= 0.6 is 32.0 Å². The van der Waals surface area contributed by atoms with Gasteiger partial charge in [-0.15, -0.1) is 11.8 Å². The number of aliphatic hydroxyl groups is 18. The summed E-state index contributed by atoms with van der Waals surface area (Å²) in [7, 11) is 13.9. The van der Waals surface area contributed by atoms with Crippen molar-refractivity contribution in [2.45, 2.75) is 280 Å². The van der Waals surface area contributed by atoms with Crippen LogP contribution in [0.1, 0.15) is 103 Å². The summed E-state index contributed by atoms with van der Waals surface area (Å²) in [5, 5.41) is 205. The van der Waals surface area contributed by atoms with E-state index in [-0.39, 0.29) is 79.8 Å². The fourth-order valence-electron chi connectivity index (χ4n) is 12.9. The summed E-state index contributed by atoms with van der Waals surface area (Å²) in [6.07, 6.45) is -17.2. The molecule has 1 aromatic rings. The van der Waals surface area contributed by atoms with Crippen LogP contribution in [0.5, 0.6) is 0 Å². The number of carboxylic acids is 2. The van der Waals surface area contributed by atoms with Crippen LogP contribution in [0.3, 0.4) is 0 Å². The van der Waals surface area contributed by atoms with Gasteiger partial charge in [0.25, 0.3) is 5.91 Å². The molecule has 1 aromatic heterocycles. The van der Waals surface area contributed by atoms with Gasteiger partial charge in [0, 0.05) is 95.4 Å². The number of halogens is 2. The van der Waals surface area contributed by atoms with Gasteiger partial charge < -0.3 is 201 Å². The Morgan fingerprint density at radius 1 is 0.483 bits per heavy atom. The topological polar surface area (TPSA) is 813 Å². The first-order chi connectivity index (χ1) is 55.0. The third-order valence-corrected chi connectivity index (χ3v) is 19.8. The van der Waals surface area contributed by atoms with E-state index in [1.807, 2.05) is 11.8 Å². The van der Waals surface area contributed by atoms with E-state index in [4.69, 9.17) is 122 Å². The van der Waals surface area contributed by atoms with Crippen molar-refractivity contribution in [2.24, 2.45) is 17.2 Å². The molecule has 6 saturated heterocycles. The average Bonchev–Trinajstić information content (AvgIpc) is 0.851. The molecule has 12 unspecified atom stereocenters. The molecule has 7 aliphatic heterocycles. The Bertz CT molecular complexity index is 2720. The van der Waals surface area contributed by atoms with Crippen molar-refractivity contribution in [1.82, 2.24) is 47.5 Å². The second kappa shape index (κ2) is 63.9. The van der Waals surface area contributed by atoms with Gasteiger partial charge in [-0.3, -0.25) is 24.2 Å². The molecule has 8 fully saturated rings. The molecule has 28 atom stereocenters. The summed E-state index contributed by atoms with van der Waals surface area (Å²) in [6.45, 7) is 9.25. The SMILES string of the molecule is CC(=O)NC1COC(CO)[C@@H](O)C1.CC(=O)NC1COC(CO)[C@@H](O)C1.CC(=O)NC1COC(CO)[C@@H](O)C1.CN.CN.CNC(=O)C1O[C@@H](O)C(O)[C@H](O)[C@@H]1O.NCCSc1cc2nc(c1)CN[C@@H]1CCCC[C@H]1NCCN[C@@H]1CCCC[C@H]1NC2.O.O.O=C(O)C1O[C@@H](O)C(O)[C@H](O)[C@@H]1O.O=C(O)C1O[C@@H](O)C(O)[C@H](O)[C@@H]1O.[Cl][Mn][Cl]. The molecule has 0 aromatic carbocycles. The van der Waals surface area contributed by atoms with E-state index in [0.717, 1.165) is 43.3 Å². The van der Waals surface area contributed by atoms with E-state index in [2.05, 4.69) is 80.3 Å². The molecule has 38 N–H and O–H groups in total. The summed E-state index contributed by atoms with van der Waals surface area (Å²) < 4.78 is 28.7. The molecule has 9 aliphatic rings. The summed E-state index contributed by atoms with van der Waals surface area (Å²) in [5.41, 5.74) is 17.1. The molecule has 46 nitrogen and oxygen atoms in total. The van der Waals surface area contributed by atoms with Crippen molar-refractivity contribution in [3.05, 3.63) is 23.5 Å². The molecular weight excluding hydrogens is 1690 g/mol. The number of nitrogens with one attached hydrogen (secondary N) is 8. The van der Waals surface area contributed by atoms with E-state index in [1.165, 1.54) is 98.2 Å². The number of carbonyl (C=O) groups excluding carboxylic acids is 4. The minimum absolute atomic E-state index is 0. The van der Waals surface area contributed by atoms with Gasteiger partial charge in [-0.25, -0.2) is 9.59 Å². The number of likely N-dealkylation sites (N-methyl/N-ethyl adjacent to an activating group) is 1. The predicted octanol–water partition coefficient (Wildman–Crippen LogP) is -12.8. The monoisotopic (exact) mass is 1820 g/mol. The van der Waals surface area contributed by atoms with E-state index < -0.39 is 147 Å². The average molecular weight is 1820 g/mol. The summed E-state index contributed by atoms with van der Waals surface area (Å²) in [4.78, 5) is 70.2. The third-order valence-electron chi connectivity index (χ3n) is 18.8. The number of carbonyl (C=O) groups is 6. The first-order valence-electron chi connectivity index (χ1n) is 37.6. The number of thioether (sulfide) groups is 1. The zero-order chi connectivity index (χ0) is 88.1. The molecule has 0 spiro atoms. The van der Waals surface area contributed by atoms with Gasteiger partial charge in [-0.2, -0.15) is 0 Å². The number of nitrogens with two attached hydrogens (primary N) is 3. The molecule has 2 aliphatic carbocycles. The van der Waals surface area contributed by atoms with Crippen LogP contribution in [0.2, 0.25) is 0 Å². The Hall–Kier alpha value is -3.90. The second-order valence-corrected chi connectivity index (χ2v) is 30.6. The molecule has 0 radical (unpaired) electrons. The van der Waals surface area contributed by atoms with Gasteiger partial charge in [-0.1, -0.05) is 25.7 Å². The number of aliphatic hydroxyl groups excluding tert-OH is 18. The van der Waals surface area contributed by atoms with Crippen molar-refractivity contribution in [1.29, 1.82) is 0 Å². The molecule has 50 heteroatoms. The fourth-order valence-corrected chi connectivity index (χ4v) is 13.7. The molecule has 10 rings (SSSR count). The number of hydrogen-bond donors (Lipinski definition) is 31. The van der Waals surface area contributed by atoms with Crippen molar-refractivity contribution < 1.29 is 183 Å². The van der Waals surface area contributed by atoms with Crippen LogP contribution in [0.15, 0.2) is 17.0 Å². The van der Waals surface area contributed by atoms with Crippen LogP contribution in [0, 0.1) is 0 Å². The van der Waals surface area contributed by atoms with E-state index in [0.29, 0.717) is 69.8 Å². The molecule has 2 saturated carbocycles. The Morgan fingerprint density at radius 3 is 1.02 bits per heavy atom. The van der Waals surface area contributed by atoms with E-state index in [1.54, 1.807) is 0 Å². The maximum absolute atomic E-state index is 11.1.